The Morgan fingerprint density at radius 1 is 1.41 bits per heavy atom. The summed E-state index contributed by atoms with van der Waals surface area (Å²) in [5, 5.41) is 17.7. The summed E-state index contributed by atoms with van der Waals surface area (Å²) in [5.41, 5.74) is 0.940. The highest BCUT2D eigenvalue weighted by atomic mass is 16.2. The molecule has 1 unspecified atom stereocenters. The van der Waals surface area contributed by atoms with Crippen molar-refractivity contribution in [1.29, 1.82) is 10.5 Å². The van der Waals surface area contributed by atoms with E-state index in [1.165, 1.54) is 0 Å². The van der Waals surface area contributed by atoms with Gasteiger partial charge in [0, 0.05) is 12.1 Å². The first-order valence-electron chi connectivity index (χ1n) is 5.47. The van der Waals surface area contributed by atoms with Crippen molar-refractivity contribution >= 4 is 5.91 Å². The molecule has 1 fully saturated rings. The number of carbonyl (C=O) groups is 1. The lowest BCUT2D eigenvalue weighted by molar-refractivity contribution is 0.0765. The summed E-state index contributed by atoms with van der Waals surface area (Å²) in [4.78, 5) is 13.7. The molecule has 0 aliphatic carbocycles. The van der Waals surface area contributed by atoms with Crippen molar-refractivity contribution in [3.8, 4) is 12.1 Å². The minimum Gasteiger partial charge on any atom is -0.323 e. The van der Waals surface area contributed by atoms with Gasteiger partial charge in [0.15, 0.2) is 0 Å². The third-order valence-corrected chi connectivity index (χ3v) is 2.90. The fraction of sp³-hybridized carbons (Fsp3) is 0.308. The van der Waals surface area contributed by atoms with Crippen LogP contribution in [-0.2, 0) is 0 Å². The molecule has 1 aliphatic rings. The van der Waals surface area contributed by atoms with Gasteiger partial charge >= 0.3 is 0 Å². The van der Waals surface area contributed by atoms with E-state index in [9.17, 15) is 4.79 Å². The van der Waals surface area contributed by atoms with Crippen LogP contribution in [0.3, 0.4) is 0 Å². The zero-order valence-corrected chi connectivity index (χ0v) is 9.26. The molecule has 4 nitrogen and oxygen atoms in total. The summed E-state index contributed by atoms with van der Waals surface area (Å²) < 4.78 is 0. The molecule has 1 amide bonds. The van der Waals surface area contributed by atoms with E-state index >= 15 is 0 Å². The van der Waals surface area contributed by atoms with Crippen LogP contribution in [0.2, 0.25) is 0 Å². The standard InChI is InChI=1S/C13H11N3O/c14-8-10-3-1-4-11(7-10)13(17)16-6-2-5-12(16)9-15/h1,3-4,7,12H,2,5-6H2. The van der Waals surface area contributed by atoms with Crippen LogP contribution in [0, 0.1) is 22.7 Å². The number of nitriles is 2. The van der Waals surface area contributed by atoms with Crippen molar-refractivity contribution in [2.75, 3.05) is 6.54 Å². The van der Waals surface area contributed by atoms with Crippen LogP contribution in [0.5, 0.6) is 0 Å². The second-order valence-electron chi connectivity index (χ2n) is 3.98. The van der Waals surface area contributed by atoms with E-state index in [4.69, 9.17) is 10.5 Å². The molecule has 0 radical (unpaired) electrons. The lowest BCUT2D eigenvalue weighted by atomic mass is 10.1. The highest BCUT2D eigenvalue weighted by Crippen LogP contribution is 2.19. The van der Waals surface area contributed by atoms with Gasteiger partial charge in [-0.1, -0.05) is 6.07 Å². The highest BCUT2D eigenvalue weighted by Gasteiger charge is 2.29. The van der Waals surface area contributed by atoms with Crippen molar-refractivity contribution < 1.29 is 4.79 Å². The lowest BCUT2D eigenvalue weighted by Crippen LogP contribution is -2.34. The van der Waals surface area contributed by atoms with Crippen molar-refractivity contribution in [3.05, 3.63) is 35.4 Å². The van der Waals surface area contributed by atoms with Gasteiger partial charge in [0.1, 0.15) is 6.04 Å². The summed E-state index contributed by atoms with van der Waals surface area (Å²) >= 11 is 0. The average Bonchev–Trinajstić information content (AvgIpc) is 2.86. The van der Waals surface area contributed by atoms with Gasteiger partial charge in [-0.3, -0.25) is 4.79 Å². The van der Waals surface area contributed by atoms with Crippen molar-refractivity contribution in [2.24, 2.45) is 0 Å². The molecule has 0 bridgehead atoms. The summed E-state index contributed by atoms with van der Waals surface area (Å²) in [6.07, 6.45) is 1.60. The molecule has 2 rings (SSSR count). The van der Waals surface area contributed by atoms with Crippen LogP contribution >= 0.6 is 0 Å². The number of hydrogen-bond donors (Lipinski definition) is 0. The smallest absolute Gasteiger partial charge is 0.254 e. The monoisotopic (exact) mass is 225 g/mol. The molecular formula is C13H11N3O. The Labute approximate surface area is 99.7 Å². The van der Waals surface area contributed by atoms with Gasteiger partial charge in [0.25, 0.3) is 5.91 Å². The van der Waals surface area contributed by atoms with Crippen molar-refractivity contribution in [2.45, 2.75) is 18.9 Å². The van der Waals surface area contributed by atoms with E-state index in [1.807, 2.05) is 6.07 Å². The number of rotatable bonds is 1. The topological polar surface area (TPSA) is 67.9 Å². The van der Waals surface area contributed by atoms with Gasteiger partial charge in [-0.25, -0.2) is 0 Å². The zero-order valence-electron chi connectivity index (χ0n) is 9.26. The van der Waals surface area contributed by atoms with Gasteiger partial charge in [0.2, 0.25) is 0 Å². The molecule has 1 aromatic rings. The second kappa shape index (κ2) is 4.67. The lowest BCUT2D eigenvalue weighted by Gasteiger charge is -2.19. The molecule has 17 heavy (non-hydrogen) atoms. The van der Waals surface area contributed by atoms with Gasteiger partial charge in [0.05, 0.1) is 17.7 Å². The number of likely N-dealkylation sites (tertiary alicyclic amines) is 1. The third kappa shape index (κ3) is 2.11. The van der Waals surface area contributed by atoms with Crippen LogP contribution in [0.15, 0.2) is 24.3 Å². The maximum atomic E-state index is 12.1. The molecule has 1 heterocycles. The molecule has 4 heteroatoms. The molecule has 0 saturated carbocycles. The van der Waals surface area contributed by atoms with Crippen LogP contribution in [-0.4, -0.2) is 23.4 Å². The zero-order chi connectivity index (χ0) is 12.3. The Bertz CT molecular complexity index is 524. The van der Waals surface area contributed by atoms with E-state index in [1.54, 1.807) is 29.2 Å². The molecule has 1 aliphatic heterocycles. The van der Waals surface area contributed by atoms with Crippen LogP contribution < -0.4 is 0 Å². The number of carbonyl (C=O) groups excluding carboxylic acids is 1. The molecule has 1 atom stereocenters. The summed E-state index contributed by atoms with van der Waals surface area (Å²) in [6.45, 7) is 0.619. The molecule has 84 valence electrons. The normalized spacial score (nSPS) is 18.5. The van der Waals surface area contributed by atoms with Crippen LogP contribution in [0.25, 0.3) is 0 Å². The minimum absolute atomic E-state index is 0.161. The fourth-order valence-electron chi connectivity index (χ4n) is 2.03. The molecule has 1 saturated heterocycles. The molecule has 1 aromatic carbocycles. The van der Waals surface area contributed by atoms with E-state index in [0.717, 1.165) is 12.8 Å². The van der Waals surface area contributed by atoms with Gasteiger partial charge in [-0.15, -0.1) is 0 Å². The number of nitrogens with zero attached hydrogens (tertiary/aromatic N) is 3. The van der Waals surface area contributed by atoms with Gasteiger partial charge < -0.3 is 4.90 Å². The second-order valence-corrected chi connectivity index (χ2v) is 3.98. The Balaban J connectivity index is 2.26. The number of benzene rings is 1. The SMILES string of the molecule is N#Cc1cccc(C(=O)N2CCCC2C#N)c1. The maximum absolute atomic E-state index is 12.1. The Morgan fingerprint density at radius 2 is 2.24 bits per heavy atom. The Hall–Kier alpha value is -2.33. The van der Waals surface area contributed by atoms with Crippen LogP contribution in [0.4, 0.5) is 0 Å². The summed E-state index contributed by atoms with van der Waals surface area (Å²) in [7, 11) is 0. The largest absolute Gasteiger partial charge is 0.323 e. The number of amides is 1. The maximum Gasteiger partial charge on any atom is 0.254 e. The van der Waals surface area contributed by atoms with Crippen molar-refractivity contribution in [3.63, 3.8) is 0 Å². The molecule has 0 aromatic heterocycles. The van der Waals surface area contributed by atoms with Gasteiger partial charge in [-0.05, 0) is 31.0 Å². The Kier molecular flexibility index (Phi) is 3.07. The first-order valence-corrected chi connectivity index (χ1v) is 5.47. The van der Waals surface area contributed by atoms with Crippen LogP contribution in [0.1, 0.15) is 28.8 Å². The molecule has 0 spiro atoms. The van der Waals surface area contributed by atoms with E-state index in [-0.39, 0.29) is 11.9 Å². The first kappa shape index (κ1) is 11.2. The quantitative estimate of drug-likeness (QED) is 0.730. The fourth-order valence-corrected chi connectivity index (χ4v) is 2.03. The summed E-state index contributed by atoms with van der Waals surface area (Å²) in [6, 6.07) is 10.4. The minimum atomic E-state index is -0.326. The summed E-state index contributed by atoms with van der Waals surface area (Å²) in [5.74, 6) is -0.161. The predicted molar refractivity (Wildman–Crippen MR) is 60.8 cm³/mol. The van der Waals surface area contributed by atoms with Crippen molar-refractivity contribution in [1.82, 2.24) is 4.90 Å². The van der Waals surface area contributed by atoms with Gasteiger partial charge in [-0.2, -0.15) is 10.5 Å². The average molecular weight is 225 g/mol. The predicted octanol–water partition coefficient (Wildman–Crippen LogP) is 1.69. The number of hydrogen-bond acceptors (Lipinski definition) is 3. The molecular weight excluding hydrogens is 214 g/mol. The highest BCUT2D eigenvalue weighted by molar-refractivity contribution is 5.95. The first-order chi connectivity index (χ1) is 8.26. The third-order valence-electron chi connectivity index (χ3n) is 2.90. The Morgan fingerprint density at radius 3 is 2.94 bits per heavy atom. The van der Waals surface area contributed by atoms with E-state index < -0.39 is 0 Å². The van der Waals surface area contributed by atoms with E-state index in [0.29, 0.717) is 17.7 Å². The molecule has 0 N–H and O–H groups in total. The van der Waals surface area contributed by atoms with E-state index in [2.05, 4.69) is 6.07 Å².